The third kappa shape index (κ3) is 3.24. The van der Waals surface area contributed by atoms with Crippen molar-refractivity contribution in [3.05, 3.63) is 48.0 Å². The second kappa shape index (κ2) is 7.38. The number of ether oxygens (including phenoxy) is 2. The lowest BCUT2D eigenvalue weighted by molar-refractivity contribution is 0.135. The maximum atomic E-state index is 10.7. The van der Waals surface area contributed by atoms with Gasteiger partial charge in [0.1, 0.15) is 11.4 Å². The standard InChI is InChI=1S/C25H28N4O3/c1-25(2,3)17-8-6-15(7-9-17)23-24-20-10-16-11-21(31-4)22(32-5)12-19(16)28(20)13-18(30)14-29(24)27-26-23/h6-12,18,30H,13-14H2,1-5H3. The lowest BCUT2D eigenvalue weighted by Crippen LogP contribution is -2.20. The van der Waals surface area contributed by atoms with Crippen molar-refractivity contribution < 1.29 is 14.6 Å². The van der Waals surface area contributed by atoms with E-state index < -0.39 is 6.10 Å². The minimum Gasteiger partial charge on any atom is -0.493 e. The van der Waals surface area contributed by atoms with E-state index in [1.807, 2.05) is 16.8 Å². The highest BCUT2D eigenvalue weighted by Gasteiger charge is 2.28. The van der Waals surface area contributed by atoms with Crippen LogP contribution in [0.4, 0.5) is 0 Å². The fraction of sp³-hybridized carbons (Fsp3) is 0.360. The fourth-order valence-corrected chi connectivity index (χ4v) is 4.47. The van der Waals surface area contributed by atoms with Crippen LogP contribution in [0.1, 0.15) is 26.3 Å². The molecule has 2 aromatic carbocycles. The smallest absolute Gasteiger partial charge is 0.162 e. The molecular formula is C25H28N4O3. The molecule has 0 fully saturated rings. The second-order valence-electron chi connectivity index (χ2n) is 9.36. The first-order valence-electron chi connectivity index (χ1n) is 10.8. The highest BCUT2D eigenvalue weighted by molar-refractivity contribution is 5.91. The maximum absolute atomic E-state index is 10.7. The van der Waals surface area contributed by atoms with Crippen LogP contribution in [0, 0.1) is 0 Å². The number of fused-ring (bicyclic) bond motifs is 5. The summed E-state index contributed by atoms with van der Waals surface area (Å²) < 4.78 is 14.9. The van der Waals surface area contributed by atoms with Crippen LogP contribution in [-0.2, 0) is 18.5 Å². The van der Waals surface area contributed by atoms with Gasteiger partial charge in [-0.25, -0.2) is 4.68 Å². The Bertz CT molecular complexity index is 1300. The normalized spacial score (nSPS) is 15.9. The van der Waals surface area contributed by atoms with Crippen molar-refractivity contribution in [1.29, 1.82) is 0 Å². The van der Waals surface area contributed by atoms with E-state index in [1.165, 1.54) is 5.56 Å². The van der Waals surface area contributed by atoms with Gasteiger partial charge in [-0.15, -0.1) is 5.10 Å². The van der Waals surface area contributed by atoms with Gasteiger partial charge in [0.25, 0.3) is 0 Å². The summed E-state index contributed by atoms with van der Waals surface area (Å²) >= 11 is 0. The Morgan fingerprint density at radius 3 is 2.31 bits per heavy atom. The molecule has 0 saturated carbocycles. The number of hydrogen-bond acceptors (Lipinski definition) is 5. The number of benzene rings is 2. The van der Waals surface area contributed by atoms with Crippen molar-refractivity contribution in [1.82, 2.24) is 19.6 Å². The number of rotatable bonds is 3. The van der Waals surface area contributed by atoms with Crippen molar-refractivity contribution in [2.75, 3.05) is 14.2 Å². The summed E-state index contributed by atoms with van der Waals surface area (Å²) in [5.74, 6) is 1.33. The Kier molecular flexibility index (Phi) is 4.74. The summed E-state index contributed by atoms with van der Waals surface area (Å²) in [7, 11) is 3.26. The zero-order valence-electron chi connectivity index (χ0n) is 19.1. The highest BCUT2D eigenvalue weighted by atomic mass is 16.5. The lowest BCUT2D eigenvalue weighted by atomic mass is 9.86. The average Bonchev–Trinajstić information content (AvgIpc) is 3.29. The molecule has 1 aliphatic heterocycles. The molecule has 0 aliphatic carbocycles. The van der Waals surface area contributed by atoms with E-state index in [-0.39, 0.29) is 5.41 Å². The van der Waals surface area contributed by atoms with Crippen LogP contribution in [0.2, 0.25) is 0 Å². The van der Waals surface area contributed by atoms with Crippen molar-refractivity contribution in [2.24, 2.45) is 0 Å². The summed E-state index contributed by atoms with van der Waals surface area (Å²) in [6.07, 6.45) is -0.587. The van der Waals surface area contributed by atoms with Gasteiger partial charge in [-0.05, 0) is 23.1 Å². The van der Waals surface area contributed by atoms with Gasteiger partial charge in [-0.1, -0.05) is 50.3 Å². The van der Waals surface area contributed by atoms with Gasteiger partial charge in [-0.3, -0.25) is 0 Å². The number of aliphatic hydroxyl groups excluding tert-OH is 1. The highest BCUT2D eigenvalue weighted by Crippen LogP contribution is 2.40. The van der Waals surface area contributed by atoms with Crippen molar-refractivity contribution in [3.8, 4) is 34.1 Å². The van der Waals surface area contributed by atoms with Gasteiger partial charge in [0, 0.05) is 17.0 Å². The van der Waals surface area contributed by atoms with E-state index >= 15 is 0 Å². The maximum Gasteiger partial charge on any atom is 0.162 e. The zero-order chi connectivity index (χ0) is 22.6. The van der Waals surface area contributed by atoms with Gasteiger partial charge >= 0.3 is 0 Å². The number of aliphatic hydroxyl groups is 1. The molecule has 1 N–H and O–H groups in total. The van der Waals surface area contributed by atoms with Crippen LogP contribution < -0.4 is 9.47 Å². The lowest BCUT2D eigenvalue weighted by Gasteiger charge is -2.19. The molecule has 4 aromatic rings. The van der Waals surface area contributed by atoms with Crippen LogP contribution in [0.5, 0.6) is 11.5 Å². The topological polar surface area (TPSA) is 74.3 Å². The molecule has 1 aliphatic rings. The Morgan fingerprint density at radius 1 is 0.969 bits per heavy atom. The largest absolute Gasteiger partial charge is 0.493 e. The van der Waals surface area contributed by atoms with Crippen LogP contribution in [0.25, 0.3) is 33.5 Å². The number of aromatic nitrogens is 4. The van der Waals surface area contributed by atoms with Crippen LogP contribution in [-0.4, -0.2) is 45.0 Å². The van der Waals surface area contributed by atoms with E-state index in [0.29, 0.717) is 24.6 Å². The summed E-state index contributed by atoms with van der Waals surface area (Å²) in [5.41, 5.74) is 6.00. The molecule has 7 heteroatoms. The predicted molar refractivity (Wildman–Crippen MR) is 124 cm³/mol. The Labute approximate surface area is 187 Å². The van der Waals surface area contributed by atoms with Crippen LogP contribution in [0.15, 0.2) is 42.5 Å². The van der Waals surface area contributed by atoms with E-state index in [2.05, 4.69) is 66.0 Å². The van der Waals surface area contributed by atoms with Gasteiger partial charge < -0.3 is 19.1 Å². The van der Waals surface area contributed by atoms with Crippen molar-refractivity contribution in [2.45, 2.75) is 45.4 Å². The zero-order valence-corrected chi connectivity index (χ0v) is 19.1. The molecule has 3 heterocycles. The molecule has 1 unspecified atom stereocenters. The second-order valence-corrected chi connectivity index (χ2v) is 9.36. The van der Waals surface area contributed by atoms with E-state index in [4.69, 9.17) is 9.47 Å². The molecular weight excluding hydrogens is 404 g/mol. The molecule has 166 valence electrons. The van der Waals surface area contributed by atoms with Gasteiger partial charge in [0.2, 0.25) is 0 Å². The number of hydrogen-bond donors (Lipinski definition) is 1. The molecule has 2 aromatic heterocycles. The molecule has 0 saturated heterocycles. The Balaban J connectivity index is 1.72. The molecule has 0 bridgehead atoms. The summed E-state index contributed by atoms with van der Waals surface area (Å²) in [6.45, 7) is 7.46. The molecule has 7 nitrogen and oxygen atoms in total. The number of nitrogens with zero attached hydrogens (tertiary/aromatic N) is 4. The molecule has 5 rings (SSSR count). The molecule has 0 radical (unpaired) electrons. The minimum atomic E-state index is -0.587. The van der Waals surface area contributed by atoms with Crippen LogP contribution >= 0.6 is 0 Å². The molecule has 32 heavy (non-hydrogen) atoms. The molecule has 0 spiro atoms. The van der Waals surface area contributed by atoms with E-state index in [0.717, 1.165) is 33.5 Å². The Hall–Kier alpha value is -3.32. The predicted octanol–water partition coefficient (Wildman–Crippen LogP) is 4.26. The van der Waals surface area contributed by atoms with Gasteiger partial charge in [0.15, 0.2) is 11.5 Å². The first-order chi connectivity index (χ1) is 15.3. The molecule has 1 atom stereocenters. The van der Waals surface area contributed by atoms with Gasteiger partial charge in [-0.2, -0.15) is 0 Å². The third-order valence-electron chi connectivity index (χ3n) is 6.19. The van der Waals surface area contributed by atoms with Crippen molar-refractivity contribution in [3.63, 3.8) is 0 Å². The Morgan fingerprint density at radius 2 is 1.66 bits per heavy atom. The minimum absolute atomic E-state index is 0.0799. The first-order valence-corrected chi connectivity index (χ1v) is 10.8. The monoisotopic (exact) mass is 432 g/mol. The summed E-state index contributed by atoms with van der Waals surface area (Å²) in [6, 6.07) is 14.5. The van der Waals surface area contributed by atoms with Crippen molar-refractivity contribution >= 4 is 10.9 Å². The SMILES string of the molecule is COc1cc2cc3n(c2cc1OC)CC(O)Cn1nnc(-c2ccc(C(C)(C)C)cc2)c1-3. The fourth-order valence-electron chi connectivity index (χ4n) is 4.47. The molecule has 0 amide bonds. The quantitative estimate of drug-likeness (QED) is 0.524. The average molecular weight is 433 g/mol. The summed E-state index contributed by atoms with van der Waals surface area (Å²) in [5, 5.41) is 20.6. The van der Waals surface area contributed by atoms with Gasteiger partial charge in [0.05, 0.1) is 44.6 Å². The number of methoxy groups -OCH3 is 2. The third-order valence-corrected chi connectivity index (χ3v) is 6.19. The first kappa shape index (κ1) is 20.6. The summed E-state index contributed by atoms with van der Waals surface area (Å²) in [4.78, 5) is 0. The van der Waals surface area contributed by atoms with E-state index in [1.54, 1.807) is 14.2 Å². The van der Waals surface area contributed by atoms with Crippen LogP contribution in [0.3, 0.4) is 0 Å². The van der Waals surface area contributed by atoms with E-state index in [9.17, 15) is 5.11 Å².